The highest BCUT2D eigenvalue weighted by atomic mass is 35.5. The van der Waals surface area contributed by atoms with Crippen LogP contribution in [-0.4, -0.2) is 28.0 Å². The van der Waals surface area contributed by atoms with Crippen LogP contribution in [0.15, 0.2) is 29.2 Å². The number of amides is 1. The number of carbonyl (C=O) groups is 1. The van der Waals surface area contributed by atoms with Crippen molar-refractivity contribution in [1.29, 1.82) is 0 Å². The van der Waals surface area contributed by atoms with E-state index in [-0.39, 0.29) is 16.7 Å². The zero-order valence-electron chi connectivity index (χ0n) is 14.4. The summed E-state index contributed by atoms with van der Waals surface area (Å²) in [5.41, 5.74) is 1.12. The van der Waals surface area contributed by atoms with Crippen molar-refractivity contribution in [3.63, 3.8) is 0 Å². The molecule has 0 fully saturated rings. The van der Waals surface area contributed by atoms with E-state index in [0.717, 1.165) is 35.6 Å². The van der Waals surface area contributed by atoms with Crippen LogP contribution in [0.25, 0.3) is 0 Å². The van der Waals surface area contributed by atoms with E-state index >= 15 is 0 Å². The Labute approximate surface area is 159 Å². The number of carbonyl (C=O) groups excluding carboxylic acids is 1. The van der Waals surface area contributed by atoms with E-state index in [1.165, 1.54) is 12.1 Å². The lowest BCUT2D eigenvalue weighted by Crippen LogP contribution is -2.27. The summed E-state index contributed by atoms with van der Waals surface area (Å²) in [6.45, 7) is 5.06. The number of nitrogens with one attached hydrogen (secondary N) is 1. The normalized spacial score (nSPS) is 11.6. The summed E-state index contributed by atoms with van der Waals surface area (Å²) < 4.78 is 40.3. The van der Waals surface area contributed by atoms with Gasteiger partial charge < -0.3 is 5.32 Å². The van der Waals surface area contributed by atoms with E-state index < -0.39 is 11.7 Å². The monoisotopic (exact) mass is 405 g/mol. The van der Waals surface area contributed by atoms with Gasteiger partial charge in [-0.3, -0.25) is 9.48 Å². The largest absolute Gasteiger partial charge is 0.417 e. The molecular formula is C17H19ClF3N3OS. The molecule has 0 unspecified atom stereocenters. The Morgan fingerprint density at radius 2 is 2.04 bits per heavy atom. The first-order valence-electron chi connectivity index (χ1n) is 7.94. The summed E-state index contributed by atoms with van der Waals surface area (Å²) in [6, 6.07) is 5.61. The van der Waals surface area contributed by atoms with Gasteiger partial charge in [0.25, 0.3) is 0 Å². The molecule has 0 saturated heterocycles. The second-order valence-corrected chi connectivity index (χ2v) is 7.24. The first-order valence-corrected chi connectivity index (χ1v) is 9.30. The van der Waals surface area contributed by atoms with Gasteiger partial charge in [-0.25, -0.2) is 0 Å². The minimum absolute atomic E-state index is 0.0405. The molecule has 2 aromatic rings. The number of thioether (sulfide) groups is 1. The SMILES string of the molecule is Cc1cc(C)n(CCCNC(=O)CSc2ccc(Cl)c(C(F)(F)F)c2)n1. The van der Waals surface area contributed by atoms with E-state index in [1.807, 2.05) is 24.6 Å². The van der Waals surface area contributed by atoms with Crippen LogP contribution in [0.4, 0.5) is 13.2 Å². The van der Waals surface area contributed by atoms with Gasteiger partial charge in [0.05, 0.1) is 22.0 Å². The van der Waals surface area contributed by atoms with Gasteiger partial charge in [0.15, 0.2) is 0 Å². The third-order valence-electron chi connectivity index (χ3n) is 3.59. The van der Waals surface area contributed by atoms with Gasteiger partial charge in [0.1, 0.15) is 0 Å². The fraction of sp³-hybridized carbons (Fsp3) is 0.412. The maximum absolute atomic E-state index is 12.8. The Balaban J connectivity index is 1.76. The molecule has 0 aliphatic heterocycles. The molecule has 0 bridgehead atoms. The van der Waals surface area contributed by atoms with Crippen LogP contribution in [0.1, 0.15) is 23.4 Å². The van der Waals surface area contributed by atoms with Crippen LogP contribution in [0, 0.1) is 13.8 Å². The summed E-state index contributed by atoms with van der Waals surface area (Å²) in [7, 11) is 0. The van der Waals surface area contributed by atoms with Crippen LogP contribution in [0.2, 0.25) is 5.02 Å². The lowest BCUT2D eigenvalue weighted by molar-refractivity contribution is -0.137. The number of nitrogens with zero attached hydrogens (tertiary/aromatic N) is 2. The van der Waals surface area contributed by atoms with Gasteiger partial charge in [-0.1, -0.05) is 11.6 Å². The van der Waals surface area contributed by atoms with Crippen molar-refractivity contribution in [3.8, 4) is 0 Å². The van der Waals surface area contributed by atoms with Crippen LogP contribution < -0.4 is 5.32 Å². The molecule has 0 saturated carbocycles. The lowest BCUT2D eigenvalue weighted by Gasteiger charge is -2.11. The summed E-state index contributed by atoms with van der Waals surface area (Å²) in [6.07, 6.45) is -3.80. The summed E-state index contributed by atoms with van der Waals surface area (Å²) in [4.78, 5) is 12.2. The lowest BCUT2D eigenvalue weighted by atomic mass is 10.2. The molecule has 0 atom stereocenters. The van der Waals surface area contributed by atoms with Gasteiger partial charge >= 0.3 is 6.18 Å². The molecule has 9 heteroatoms. The van der Waals surface area contributed by atoms with Gasteiger partial charge in [-0.2, -0.15) is 18.3 Å². The maximum Gasteiger partial charge on any atom is 0.417 e. The van der Waals surface area contributed by atoms with Gasteiger partial charge in [0, 0.05) is 23.7 Å². The molecule has 1 amide bonds. The van der Waals surface area contributed by atoms with Crippen LogP contribution in [0.3, 0.4) is 0 Å². The van der Waals surface area contributed by atoms with Crippen molar-refractivity contribution in [2.24, 2.45) is 0 Å². The predicted molar refractivity (Wildman–Crippen MR) is 96.5 cm³/mol. The average Bonchev–Trinajstić information content (AvgIpc) is 2.87. The molecule has 26 heavy (non-hydrogen) atoms. The van der Waals surface area contributed by atoms with Crippen molar-refractivity contribution >= 4 is 29.3 Å². The number of hydrogen-bond donors (Lipinski definition) is 1. The highest BCUT2D eigenvalue weighted by Gasteiger charge is 2.33. The fourth-order valence-electron chi connectivity index (χ4n) is 2.37. The highest BCUT2D eigenvalue weighted by Crippen LogP contribution is 2.36. The first-order chi connectivity index (χ1) is 12.2. The number of benzene rings is 1. The van der Waals surface area contributed by atoms with Crippen molar-refractivity contribution in [3.05, 3.63) is 46.2 Å². The molecule has 1 N–H and O–H groups in total. The Kier molecular flexibility index (Phi) is 7.00. The van der Waals surface area contributed by atoms with E-state index in [2.05, 4.69) is 10.4 Å². The number of aromatic nitrogens is 2. The average molecular weight is 406 g/mol. The summed E-state index contributed by atoms with van der Waals surface area (Å²) in [5, 5.41) is 6.74. The number of alkyl halides is 3. The quantitative estimate of drug-likeness (QED) is 0.546. The molecule has 1 aromatic carbocycles. The molecule has 142 valence electrons. The van der Waals surface area contributed by atoms with E-state index in [4.69, 9.17) is 11.6 Å². The smallest absolute Gasteiger partial charge is 0.355 e. The minimum Gasteiger partial charge on any atom is -0.355 e. The zero-order chi connectivity index (χ0) is 19.3. The minimum atomic E-state index is -4.51. The standard InChI is InChI=1S/C17H19ClF3N3OS/c1-11-8-12(2)24(23-11)7-3-6-22-16(25)10-26-13-4-5-15(18)14(9-13)17(19,20)21/h4-5,8-9H,3,6-7,10H2,1-2H3,(H,22,25). The van der Waals surface area contributed by atoms with Crippen LogP contribution in [0.5, 0.6) is 0 Å². The number of aryl methyl sites for hydroxylation is 3. The van der Waals surface area contributed by atoms with Gasteiger partial charge in [-0.15, -0.1) is 11.8 Å². The molecule has 0 spiro atoms. The Morgan fingerprint density at radius 1 is 1.31 bits per heavy atom. The number of hydrogen-bond acceptors (Lipinski definition) is 3. The Morgan fingerprint density at radius 3 is 2.65 bits per heavy atom. The van der Waals surface area contributed by atoms with Crippen molar-refractivity contribution < 1.29 is 18.0 Å². The molecule has 1 aromatic heterocycles. The molecule has 1 heterocycles. The van der Waals surface area contributed by atoms with Gasteiger partial charge in [-0.05, 0) is 44.5 Å². The maximum atomic E-state index is 12.8. The number of halogens is 4. The zero-order valence-corrected chi connectivity index (χ0v) is 15.9. The molecule has 0 radical (unpaired) electrons. The number of rotatable bonds is 7. The van der Waals surface area contributed by atoms with E-state index in [0.29, 0.717) is 18.0 Å². The molecule has 0 aliphatic rings. The fourth-order valence-corrected chi connectivity index (χ4v) is 3.36. The molecule has 4 nitrogen and oxygen atoms in total. The molecule has 2 rings (SSSR count). The van der Waals surface area contributed by atoms with Crippen LogP contribution in [-0.2, 0) is 17.5 Å². The second-order valence-electron chi connectivity index (χ2n) is 5.78. The first kappa shape index (κ1) is 20.6. The highest BCUT2D eigenvalue weighted by molar-refractivity contribution is 8.00. The van der Waals surface area contributed by atoms with E-state index in [9.17, 15) is 18.0 Å². The summed E-state index contributed by atoms with van der Waals surface area (Å²) in [5.74, 6) is -0.189. The predicted octanol–water partition coefficient (Wildman–Crippen LogP) is 4.47. The topological polar surface area (TPSA) is 46.9 Å². The van der Waals surface area contributed by atoms with Crippen molar-refractivity contribution in [2.75, 3.05) is 12.3 Å². The second kappa shape index (κ2) is 8.81. The Bertz CT molecular complexity index is 777. The van der Waals surface area contributed by atoms with Gasteiger partial charge in [0.2, 0.25) is 5.91 Å². The molecule has 0 aliphatic carbocycles. The van der Waals surface area contributed by atoms with Crippen molar-refractivity contribution in [1.82, 2.24) is 15.1 Å². The van der Waals surface area contributed by atoms with E-state index in [1.54, 1.807) is 0 Å². The molecular weight excluding hydrogens is 387 g/mol. The summed E-state index contributed by atoms with van der Waals surface area (Å²) >= 11 is 6.61. The third kappa shape index (κ3) is 5.95. The third-order valence-corrected chi connectivity index (χ3v) is 4.91. The van der Waals surface area contributed by atoms with Crippen molar-refractivity contribution in [2.45, 2.75) is 37.9 Å². The Hall–Kier alpha value is -1.67. The van der Waals surface area contributed by atoms with Crippen LogP contribution >= 0.6 is 23.4 Å².